The number of carbonyl (C=O) groups excluding carboxylic acids is 2. The summed E-state index contributed by atoms with van der Waals surface area (Å²) < 4.78 is 20.8. The van der Waals surface area contributed by atoms with Gasteiger partial charge in [-0.3, -0.25) is 28.8 Å². The number of amides is 2. The van der Waals surface area contributed by atoms with Crippen LogP contribution in [0, 0.1) is 11.3 Å². The van der Waals surface area contributed by atoms with E-state index in [9.17, 15) is 23.9 Å². The molecule has 2 aromatic rings. The first-order chi connectivity index (χ1) is 17.0. The van der Waals surface area contributed by atoms with Crippen molar-refractivity contribution in [2.75, 3.05) is 36.8 Å². The fourth-order valence-electron chi connectivity index (χ4n) is 5.04. The number of carbonyl (C=O) groups is 2. The molecule has 0 unspecified atom stereocenters. The zero-order chi connectivity index (χ0) is 26.1. The zero-order valence-corrected chi connectivity index (χ0v) is 21.8. The normalized spacial score (nSPS) is 22.6. The third-order valence-corrected chi connectivity index (χ3v) is 8.45. The van der Waals surface area contributed by atoms with Crippen LogP contribution >= 0.6 is 10.6 Å². The second-order valence-corrected chi connectivity index (χ2v) is 13.1. The van der Waals surface area contributed by atoms with Crippen LogP contribution in [-0.4, -0.2) is 69.0 Å². The van der Waals surface area contributed by atoms with E-state index in [1.807, 2.05) is 30.3 Å². The largest absolute Gasteiger partial charge is 0.364 e. The van der Waals surface area contributed by atoms with Gasteiger partial charge in [0.2, 0.25) is 5.91 Å². The van der Waals surface area contributed by atoms with Gasteiger partial charge in [-0.2, -0.15) is 10.6 Å². The minimum absolute atomic E-state index is 0.0427. The van der Waals surface area contributed by atoms with Crippen LogP contribution in [0.5, 0.6) is 0 Å². The fraction of sp³-hybridized carbons (Fsp3) is 0.462. The van der Waals surface area contributed by atoms with E-state index in [0.717, 1.165) is 17.8 Å². The molecule has 0 aliphatic carbocycles. The highest BCUT2D eigenvalue weighted by Gasteiger charge is 2.39. The third-order valence-electron chi connectivity index (χ3n) is 6.65. The van der Waals surface area contributed by atoms with Crippen LogP contribution in [0.15, 0.2) is 53.4 Å². The summed E-state index contributed by atoms with van der Waals surface area (Å²) in [5, 5.41) is 12.2. The van der Waals surface area contributed by atoms with E-state index in [-0.39, 0.29) is 11.3 Å². The molecule has 2 heterocycles. The monoisotopic (exact) mass is 516 g/mol. The van der Waals surface area contributed by atoms with Crippen molar-refractivity contribution in [3.8, 4) is 0 Å². The van der Waals surface area contributed by atoms with Crippen molar-refractivity contribution in [2.24, 2.45) is 11.3 Å². The molecule has 1 fully saturated rings. The highest BCUT2D eigenvalue weighted by Crippen LogP contribution is 2.55. The molecule has 2 atom stereocenters. The molecule has 0 bridgehead atoms. The van der Waals surface area contributed by atoms with Crippen LogP contribution in [0.2, 0.25) is 0 Å². The molecule has 1 saturated heterocycles. The van der Waals surface area contributed by atoms with Gasteiger partial charge in [-0.25, -0.2) is 5.48 Å². The van der Waals surface area contributed by atoms with Crippen molar-refractivity contribution >= 4 is 28.1 Å². The van der Waals surface area contributed by atoms with Crippen molar-refractivity contribution < 1.29 is 23.9 Å². The average Bonchev–Trinajstić information content (AvgIpc) is 3.21. The minimum atomic E-state index is -2.77. The van der Waals surface area contributed by atoms with E-state index in [1.54, 1.807) is 23.7 Å². The Bertz CT molecular complexity index is 1100. The first-order valence-corrected chi connectivity index (χ1v) is 13.8. The molecule has 5 N–H and O–H groups in total. The van der Waals surface area contributed by atoms with Crippen molar-refractivity contribution in [3.63, 3.8) is 0 Å². The number of nitrogens with zero attached hydrogens (tertiary/aromatic N) is 2. The molecule has 4 rings (SSSR count). The van der Waals surface area contributed by atoms with E-state index >= 15 is 0 Å². The van der Waals surface area contributed by atoms with E-state index in [0.29, 0.717) is 42.4 Å². The zero-order valence-electron chi connectivity index (χ0n) is 21.0. The van der Waals surface area contributed by atoms with Crippen LogP contribution in [0.3, 0.4) is 0 Å². The van der Waals surface area contributed by atoms with Crippen molar-refractivity contribution in [1.82, 2.24) is 15.7 Å². The van der Waals surface area contributed by atoms with Gasteiger partial charge in [0.1, 0.15) is 0 Å². The van der Waals surface area contributed by atoms with Gasteiger partial charge in [0.05, 0.1) is 28.3 Å². The Morgan fingerprint density at radius 2 is 1.75 bits per heavy atom. The summed E-state index contributed by atoms with van der Waals surface area (Å²) in [6.45, 7) is 9.25. The Kier molecular flexibility index (Phi) is 7.63. The van der Waals surface area contributed by atoms with Gasteiger partial charge >= 0.3 is 0 Å². The second-order valence-electron chi connectivity index (χ2n) is 10.9. The number of para-hydroxylation sites is 1. The highest BCUT2D eigenvalue weighted by atomic mass is 32.3. The molecule has 2 aliphatic rings. The highest BCUT2D eigenvalue weighted by molar-refractivity contribution is 8.24. The van der Waals surface area contributed by atoms with Crippen molar-refractivity contribution in [3.05, 3.63) is 59.7 Å². The number of benzene rings is 2. The molecule has 196 valence electrons. The van der Waals surface area contributed by atoms with E-state index in [4.69, 9.17) is 0 Å². The van der Waals surface area contributed by atoms with E-state index in [1.165, 1.54) is 0 Å². The number of hydroxylamine groups is 1. The second kappa shape index (κ2) is 10.4. The van der Waals surface area contributed by atoms with Crippen molar-refractivity contribution in [1.29, 1.82) is 0 Å². The number of rotatable bonds is 6. The Balaban J connectivity index is 1.42. The summed E-state index contributed by atoms with van der Waals surface area (Å²) in [4.78, 5) is 30.1. The summed E-state index contributed by atoms with van der Waals surface area (Å²) in [7, 11) is -2.77. The molecule has 10 heteroatoms. The van der Waals surface area contributed by atoms with Crippen LogP contribution in [0.25, 0.3) is 0 Å². The molecule has 0 saturated carbocycles. The Labute approximate surface area is 213 Å². The molecule has 2 aliphatic heterocycles. The Morgan fingerprint density at radius 1 is 1.06 bits per heavy atom. The maximum atomic E-state index is 13.0. The third kappa shape index (κ3) is 6.01. The number of hydrogen-bond acceptors (Lipinski definition) is 7. The fourth-order valence-corrected chi connectivity index (χ4v) is 6.56. The summed E-state index contributed by atoms with van der Waals surface area (Å²) in [5.74, 6) is -1.00. The lowest BCUT2D eigenvalue weighted by atomic mass is 9.96. The van der Waals surface area contributed by atoms with Gasteiger partial charge < -0.3 is 10.2 Å². The molecule has 0 aromatic heterocycles. The molecule has 0 spiro atoms. The number of likely N-dealkylation sites (tertiary alicyclic amines) is 1. The molecular weight excluding hydrogens is 480 g/mol. The Hall–Kier alpha value is -2.63. The predicted octanol–water partition coefficient (Wildman–Crippen LogP) is 3.40. The maximum Gasteiger partial charge on any atom is 0.251 e. The standard InChI is InChI=1S/C26H36N4O5S/c1-26(2,3)17-29-15-20(25(32)28-33)21(16-29)27-24(31)19-10-8-18(9-11-19)14-30-12-13-36(34,35)23-7-5-4-6-22(23)30/h4-11,20-21,33-35H,12-17H2,1-3H3,(H,27,31)(H,28,32)/t20-,21+/m0/s1. The number of hydrogen-bond donors (Lipinski definition) is 5. The molecule has 36 heavy (non-hydrogen) atoms. The summed E-state index contributed by atoms with van der Waals surface area (Å²) >= 11 is 0. The molecule has 9 nitrogen and oxygen atoms in total. The van der Waals surface area contributed by atoms with Crippen LogP contribution in [0.1, 0.15) is 36.7 Å². The first-order valence-electron chi connectivity index (χ1n) is 12.1. The number of nitrogens with one attached hydrogen (secondary N) is 2. The van der Waals surface area contributed by atoms with Gasteiger partial charge in [-0.05, 0) is 35.2 Å². The predicted molar refractivity (Wildman–Crippen MR) is 140 cm³/mol. The quantitative estimate of drug-likeness (QED) is 0.294. The summed E-state index contributed by atoms with van der Waals surface area (Å²) in [5.41, 5.74) is 4.09. The van der Waals surface area contributed by atoms with Crippen LogP contribution in [0.4, 0.5) is 5.69 Å². The van der Waals surface area contributed by atoms with Gasteiger partial charge in [0.15, 0.2) is 0 Å². The minimum Gasteiger partial charge on any atom is -0.364 e. The molecule has 2 aromatic carbocycles. The Morgan fingerprint density at radius 3 is 2.42 bits per heavy atom. The lowest BCUT2D eigenvalue weighted by Crippen LogP contribution is -2.45. The summed E-state index contributed by atoms with van der Waals surface area (Å²) in [6.07, 6.45) is 0. The van der Waals surface area contributed by atoms with Gasteiger partial charge in [0, 0.05) is 38.3 Å². The number of fused-ring (bicyclic) bond motifs is 1. The lowest BCUT2D eigenvalue weighted by Gasteiger charge is -2.43. The smallest absolute Gasteiger partial charge is 0.251 e. The van der Waals surface area contributed by atoms with Crippen molar-refractivity contribution in [2.45, 2.75) is 38.3 Å². The SMILES string of the molecule is CC(C)(C)CN1C[C@H](C(=O)NO)[C@H](NC(=O)c2ccc(CN3CCS(O)(O)c4ccccc43)cc2)C1. The van der Waals surface area contributed by atoms with E-state index < -0.39 is 28.5 Å². The van der Waals surface area contributed by atoms with Gasteiger partial charge in [-0.1, -0.05) is 45.0 Å². The number of anilines is 1. The maximum absolute atomic E-state index is 13.0. The lowest BCUT2D eigenvalue weighted by molar-refractivity contribution is -0.133. The molecule has 0 radical (unpaired) electrons. The van der Waals surface area contributed by atoms with Gasteiger partial charge in [0.25, 0.3) is 5.91 Å². The van der Waals surface area contributed by atoms with E-state index in [2.05, 4.69) is 35.9 Å². The van der Waals surface area contributed by atoms with Crippen LogP contribution < -0.4 is 15.7 Å². The average molecular weight is 517 g/mol. The van der Waals surface area contributed by atoms with Gasteiger partial charge in [-0.15, -0.1) is 0 Å². The summed E-state index contributed by atoms with van der Waals surface area (Å²) in [6, 6.07) is 14.3. The molecule has 2 amide bonds. The first kappa shape index (κ1) is 26.4. The topological polar surface area (TPSA) is 125 Å². The van der Waals surface area contributed by atoms with Crippen LogP contribution in [-0.2, 0) is 11.3 Å². The molecular formula is C26H36N4O5S.